The Morgan fingerprint density at radius 3 is 2.69 bits per heavy atom. The minimum Gasteiger partial charge on any atom is -0.379 e. The summed E-state index contributed by atoms with van der Waals surface area (Å²) < 4.78 is 30.0. The molecule has 0 atom stereocenters. The molecular formula is C10H9F2N3O. The molecule has 1 heterocycles. The lowest BCUT2D eigenvalue weighted by molar-refractivity contribution is 0.301. The van der Waals surface area contributed by atoms with Gasteiger partial charge < -0.3 is 5.32 Å². The first kappa shape index (κ1) is 10.5. The molecule has 0 unspecified atom stereocenters. The van der Waals surface area contributed by atoms with Crippen LogP contribution in [0.15, 0.2) is 22.8 Å². The van der Waals surface area contributed by atoms with Crippen LogP contribution >= 0.6 is 0 Å². The molecule has 0 aliphatic heterocycles. The molecule has 0 fully saturated rings. The minimum absolute atomic E-state index is 0.348. The van der Waals surface area contributed by atoms with Crippen molar-refractivity contribution in [3.05, 3.63) is 41.2 Å². The average Bonchev–Trinajstić information content (AvgIpc) is 2.66. The van der Waals surface area contributed by atoms with Gasteiger partial charge in [0.05, 0.1) is 6.54 Å². The smallest absolute Gasteiger partial charge is 0.160 e. The molecule has 0 saturated carbocycles. The summed E-state index contributed by atoms with van der Waals surface area (Å²) in [5.41, 5.74) is 1.76. The van der Waals surface area contributed by atoms with E-state index in [1.165, 1.54) is 6.07 Å². The molecule has 0 bridgehead atoms. The SMILES string of the molecule is Cc1nonc1CNc1ccc(F)c(F)c1. The number of hydrogen-bond acceptors (Lipinski definition) is 4. The number of rotatable bonds is 3. The maximum Gasteiger partial charge on any atom is 0.160 e. The molecule has 2 rings (SSSR count). The van der Waals surface area contributed by atoms with Gasteiger partial charge in [-0.25, -0.2) is 13.4 Å². The topological polar surface area (TPSA) is 51.0 Å². The van der Waals surface area contributed by atoms with Crippen molar-refractivity contribution in [2.24, 2.45) is 0 Å². The summed E-state index contributed by atoms with van der Waals surface area (Å²) in [7, 11) is 0. The van der Waals surface area contributed by atoms with E-state index < -0.39 is 11.6 Å². The number of aryl methyl sites for hydroxylation is 1. The van der Waals surface area contributed by atoms with Crippen LogP contribution in [0.3, 0.4) is 0 Å². The van der Waals surface area contributed by atoms with E-state index in [0.29, 0.717) is 23.6 Å². The van der Waals surface area contributed by atoms with E-state index in [0.717, 1.165) is 12.1 Å². The van der Waals surface area contributed by atoms with Gasteiger partial charge in [0.25, 0.3) is 0 Å². The van der Waals surface area contributed by atoms with Gasteiger partial charge in [0, 0.05) is 11.8 Å². The van der Waals surface area contributed by atoms with Gasteiger partial charge in [-0.05, 0) is 19.1 Å². The van der Waals surface area contributed by atoms with E-state index in [2.05, 4.69) is 20.3 Å². The second-order valence-corrected chi connectivity index (χ2v) is 3.28. The Hall–Kier alpha value is -1.98. The van der Waals surface area contributed by atoms with Gasteiger partial charge in [-0.1, -0.05) is 10.3 Å². The Labute approximate surface area is 90.2 Å². The molecule has 16 heavy (non-hydrogen) atoms. The second kappa shape index (κ2) is 4.26. The lowest BCUT2D eigenvalue weighted by Crippen LogP contribution is -2.02. The number of nitrogens with zero attached hydrogens (tertiary/aromatic N) is 2. The van der Waals surface area contributed by atoms with Crippen molar-refractivity contribution in [2.45, 2.75) is 13.5 Å². The lowest BCUT2D eigenvalue weighted by atomic mass is 10.3. The molecule has 84 valence electrons. The van der Waals surface area contributed by atoms with E-state index in [-0.39, 0.29) is 0 Å². The highest BCUT2D eigenvalue weighted by Crippen LogP contribution is 2.14. The predicted molar refractivity (Wildman–Crippen MR) is 52.7 cm³/mol. The van der Waals surface area contributed by atoms with Crippen LogP contribution in [-0.2, 0) is 6.54 Å². The number of halogens is 2. The van der Waals surface area contributed by atoms with Crippen LogP contribution in [0.1, 0.15) is 11.4 Å². The third-order valence-corrected chi connectivity index (χ3v) is 2.13. The third-order valence-electron chi connectivity index (χ3n) is 2.13. The van der Waals surface area contributed by atoms with Crippen molar-refractivity contribution in [1.29, 1.82) is 0 Å². The van der Waals surface area contributed by atoms with Gasteiger partial charge >= 0.3 is 0 Å². The summed E-state index contributed by atoms with van der Waals surface area (Å²) in [4.78, 5) is 0. The van der Waals surface area contributed by atoms with Crippen LogP contribution in [0.5, 0.6) is 0 Å². The van der Waals surface area contributed by atoms with E-state index in [1.807, 2.05) is 0 Å². The van der Waals surface area contributed by atoms with Gasteiger partial charge in [-0.15, -0.1) is 0 Å². The Bertz CT molecular complexity index is 499. The zero-order valence-electron chi connectivity index (χ0n) is 8.50. The molecule has 0 radical (unpaired) electrons. The zero-order valence-corrected chi connectivity index (χ0v) is 8.50. The Kier molecular flexibility index (Phi) is 2.80. The van der Waals surface area contributed by atoms with Gasteiger partial charge in [0.1, 0.15) is 11.4 Å². The first-order valence-electron chi connectivity index (χ1n) is 4.64. The molecule has 2 aromatic rings. The summed E-state index contributed by atoms with van der Waals surface area (Å²) in [6.07, 6.45) is 0. The van der Waals surface area contributed by atoms with Gasteiger partial charge in [0.2, 0.25) is 0 Å². The number of nitrogens with one attached hydrogen (secondary N) is 1. The van der Waals surface area contributed by atoms with Crippen molar-refractivity contribution in [2.75, 3.05) is 5.32 Å². The number of hydrogen-bond donors (Lipinski definition) is 1. The van der Waals surface area contributed by atoms with Crippen molar-refractivity contribution >= 4 is 5.69 Å². The molecule has 4 nitrogen and oxygen atoms in total. The molecule has 0 aliphatic carbocycles. The van der Waals surface area contributed by atoms with Crippen molar-refractivity contribution in [3.8, 4) is 0 Å². The van der Waals surface area contributed by atoms with E-state index >= 15 is 0 Å². The fourth-order valence-corrected chi connectivity index (χ4v) is 1.20. The maximum absolute atomic E-state index is 12.9. The number of aromatic nitrogens is 2. The molecule has 1 aromatic heterocycles. The van der Waals surface area contributed by atoms with Crippen molar-refractivity contribution in [1.82, 2.24) is 10.3 Å². The first-order chi connectivity index (χ1) is 7.66. The summed E-state index contributed by atoms with van der Waals surface area (Å²) in [5, 5.41) is 10.1. The minimum atomic E-state index is -0.889. The summed E-state index contributed by atoms with van der Waals surface area (Å²) >= 11 is 0. The Morgan fingerprint density at radius 1 is 1.25 bits per heavy atom. The monoisotopic (exact) mass is 225 g/mol. The highest BCUT2D eigenvalue weighted by Gasteiger charge is 2.06. The van der Waals surface area contributed by atoms with E-state index in [1.54, 1.807) is 6.92 Å². The lowest BCUT2D eigenvalue weighted by Gasteiger charge is -2.04. The third kappa shape index (κ3) is 2.16. The first-order valence-corrected chi connectivity index (χ1v) is 4.64. The second-order valence-electron chi connectivity index (χ2n) is 3.28. The quantitative estimate of drug-likeness (QED) is 0.870. The van der Waals surface area contributed by atoms with E-state index in [4.69, 9.17) is 0 Å². The largest absolute Gasteiger partial charge is 0.379 e. The molecule has 0 saturated heterocycles. The average molecular weight is 225 g/mol. The maximum atomic E-state index is 12.9. The zero-order chi connectivity index (χ0) is 11.5. The number of benzene rings is 1. The molecular weight excluding hydrogens is 216 g/mol. The van der Waals surface area contributed by atoms with Crippen LogP contribution in [0, 0.1) is 18.6 Å². The molecule has 0 spiro atoms. The molecule has 0 amide bonds. The van der Waals surface area contributed by atoms with Gasteiger partial charge in [-0.2, -0.15) is 0 Å². The fraction of sp³-hybridized carbons (Fsp3) is 0.200. The molecule has 1 N–H and O–H groups in total. The van der Waals surface area contributed by atoms with Crippen LogP contribution < -0.4 is 5.32 Å². The summed E-state index contributed by atoms with van der Waals surface area (Å²) in [6.45, 7) is 2.10. The number of anilines is 1. The molecule has 0 aliphatic rings. The van der Waals surface area contributed by atoms with Crippen LogP contribution in [0.2, 0.25) is 0 Å². The molecule has 6 heteroatoms. The summed E-state index contributed by atoms with van der Waals surface area (Å²) in [5.74, 6) is -1.76. The van der Waals surface area contributed by atoms with Gasteiger partial charge in [0.15, 0.2) is 11.6 Å². The van der Waals surface area contributed by atoms with E-state index in [9.17, 15) is 8.78 Å². The normalized spacial score (nSPS) is 10.4. The highest BCUT2D eigenvalue weighted by molar-refractivity contribution is 5.43. The Morgan fingerprint density at radius 2 is 2.06 bits per heavy atom. The van der Waals surface area contributed by atoms with Crippen molar-refractivity contribution < 1.29 is 13.4 Å². The standard InChI is InChI=1S/C10H9F2N3O/c1-6-10(15-16-14-6)5-13-7-2-3-8(11)9(12)4-7/h2-4,13H,5H2,1H3. The predicted octanol–water partition coefficient (Wildman–Crippen LogP) is 2.27. The fourth-order valence-electron chi connectivity index (χ4n) is 1.20. The summed E-state index contributed by atoms with van der Waals surface area (Å²) in [6, 6.07) is 3.59. The van der Waals surface area contributed by atoms with Crippen molar-refractivity contribution in [3.63, 3.8) is 0 Å². The van der Waals surface area contributed by atoms with Gasteiger partial charge in [-0.3, -0.25) is 0 Å². The van der Waals surface area contributed by atoms with Crippen LogP contribution in [0.25, 0.3) is 0 Å². The Balaban J connectivity index is 2.05. The van der Waals surface area contributed by atoms with Crippen LogP contribution in [-0.4, -0.2) is 10.3 Å². The van der Waals surface area contributed by atoms with Crippen LogP contribution in [0.4, 0.5) is 14.5 Å². The highest BCUT2D eigenvalue weighted by atomic mass is 19.2. The molecule has 1 aromatic carbocycles.